The number of likely N-dealkylation sites (tertiary alicyclic amines) is 1. The van der Waals surface area contributed by atoms with Crippen molar-refractivity contribution in [2.45, 2.75) is 18.8 Å². The van der Waals surface area contributed by atoms with E-state index in [9.17, 15) is 4.79 Å². The Kier molecular flexibility index (Phi) is 4.04. The number of urea groups is 1. The number of carbonyl (C=O) groups is 1. The van der Waals surface area contributed by atoms with Gasteiger partial charge in [0.2, 0.25) is 0 Å². The van der Waals surface area contributed by atoms with E-state index in [4.69, 9.17) is 0 Å². The van der Waals surface area contributed by atoms with Gasteiger partial charge in [-0.1, -0.05) is 6.07 Å². The van der Waals surface area contributed by atoms with Crippen molar-refractivity contribution in [3.63, 3.8) is 0 Å². The fourth-order valence-electron chi connectivity index (χ4n) is 3.05. The van der Waals surface area contributed by atoms with E-state index in [1.165, 1.54) is 0 Å². The second-order valence-electron chi connectivity index (χ2n) is 5.79. The molecule has 0 bridgehead atoms. The molecule has 0 aliphatic carbocycles. The van der Waals surface area contributed by atoms with E-state index in [2.05, 4.69) is 24.0 Å². The molecule has 7 nitrogen and oxygen atoms in total. The number of nitrogens with one attached hydrogen (secondary N) is 1. The van der Waals surface area contributed by atoms with Crippen molar-refractivity contribution in [3.05, 3.63) is 42.5 Å². The summed E-state index contributed by atoms with van der Waals surface area (Å²) in [6.07, 6.45) is 5.30. The zero-order chi connectivity index (χ0) is 16.4. The Bertz CT molecular complexity index is 852. The summed E-state index contributed by atoms with van der Waals surface area (Å²) in [5, 5.41) is 2.97. The van der Waals surface area contributed by atoms with Crippen LogP contribution in [0, 0.1) is 0 Å². The Labute approximate surface area is 143 Å². The smallest absolute Gasteiger partial charge is 0.321 e. The molecule has 122 valence electrons. The molecular formula is C16H16N6OS. The minimum absolute atomic E-state index is 0.103. The van der Waals surface area contributed by atoms with Crippen LogP contribution < -0.4 is 5.32 Å². The lowest BCUT2D eigenvalue weighted by Crippen LogP contribution is -2.41. The number of hydrogen-bond donors (Lipinski definition) is 1. The monoisotopic (exact) mass is 340 g/mol. The molecule has 8 heteroatoms. The third-order valence-electron chi connectivity index (χ3n) is 4.26. The van der Waals surface area contributed by atoms with Gasteiger partial charge in [-0.25, -0.2) is 14.8 Å². The van der Waals surface area contributed by atoms with Crippen molar-refractivity contribution in [3.8, 4) is 0 Å². The van der Waals surface area contributed by atoms with Crippen molar-refractivity contribution in [1.82, 2.24) is 23.6 Å². The summed E-state index contributed by atoms with van der Waals surface area (Å²) >= 11 is 1.15. The van der Waals surface area contributed by atoms with Crippen LogP contribution in [0.2, 0.25) is 0 Å². The van der Waals surface area contributed by atoms with Gasteiger partial charge in [0.05, 0.1) is 17.4 Å². The fraction of sp³-hybridized carbons (Fsp3) is 0.312. The number of piperidine rings is 1. The van der Waals surface area contributed by atoms with Gasteiger partial charge in [-0.05, 0) is 31.0 Å². The Morgan fingerprint density at radius 3 is 3.12 bits per heavy atom. The second kappa shape index (κ2) is 6.48. The van der Waals surface area contributed by atoms with Crippen molar-refractivity contribution in [1.29, 1.82) is 0 Å². The maximum absolute atomic E-state index is 12.6. The number of nitrogens with zero attached hydrogens (tertiary/aromatic N) is 5. The molecule has 1 aliphatic heterocycles. The molecule has 1 unspecified atom stereocenters. The quantitative estimate of drug-likeness (QED) is 0.775. The average molecular weight is 340 g/mol. The largest absolute Gasteiger partial charge is 0.324 e. The van der Waals surface area contributed by atoms with Gasteiger partial charge in [0, 0.05) is 30.9 Å². The maximum Gasteiger partial charge on any atom is 0.321 e. The van der Waals surface area contributed by atoms with Crippen LogP contribution >= 0.6 is 11.7 Å². The molecule has 24 heavy (non-hydrogen) atoms. The van der Waals surface area contributed by atoms with Gasteiger partial charge in [0.1, 0.15) is 17.4 Å². The summed E-state index contributed by atoms with van der Waals surface area (Å²) < 4.78 is 8.46. The standard InChI is InChI=1S/C16H16N6OS/c23-16(19-13-4-1-5-14-15(13)21-24-20-14)22-8-2-3-11(9-22)12-6-7-17-10-18-12/h1,4-7,10-11H,2-3,8-9H2,(H,19,23). The number of fused-ring (bicyclic) bond motifs is 1. The SMILES string of the molecule is O=C(Nc1cccc2nsnc12)N1CCCC(c2ccncn2)C1. The van der Waals surface area contributed by atoms with Crippen LogP contribution in [0.5, 0.6) is 0 Å². The minimum atomic E-state index is -0.103. The topological polar surface area (TPSA) is 83.9 Å². The van der Waals surface area contributed by atoms with Crippen molar-refractivity contribution in [2.75, 3.05) is 18.4 Å². The first kappa shape index (κ1) is 14.9. The Morgan fingerprint density at radius 1 is 1.29 bits per heavy atom. The first-order valence-corrected chi connectivity index (χ1v) is 8.57. The third kappa shape index (κ3) is 2.92. The minimum Gasteiger partial charge on any atom is -0.324 e. The van der Waals surface area contributed by atoms with Crippen LogP contribution in [0.4, 0.5) is 10.5 Å². The summed E-state index contributed by atoms with van der Waals surface area (Å²) in [5.41, 5.74) is 3.24. The van der Waals surface area contributed by atoms with Crippen LogP contribution in [0.1, 0.15) is 24.5 Å². The summed E-state index contributed by atoms with van der Waals surface area (Å²) in [7, 11) is 0. The normalized spacial score (nSPS) is 17.8. The molecule has 0 radical (unpaired) electrons. The lowest BCUT2D eigenvalue weighted by Gasteiger charge is -2.32. The molecule has 2 aromatic heterocycles. The van der Waals surface area contributed by atoms with E-state index in [1.54, 1.807) is 12.5 Å². The number of rotatable bonds is 2. The predicted octanol–water partition coefficient (Wildman–Crippen LogP) is 2.89. The lowest BCUT2D eigenvalue weighted by molar-refractivity contribution is 0.192. The molecule has 1 atom stereocenters. The van der Waals surface area contributed by atoms with E-state index in [0.29, 0.717) is 12.2 Å². The first-order chi connectivity index (χ1) is 11.8. The zero-order valence-electron chi connectivity index (χ0n) is 12.9. The van der Waals surface area contributed by atoms with Crippen LogP contribution in [0.25, 0.3) is 11.0 Å². The van der Waals surface area contributed by atoms with E-state index in [-0.39, 0.29) is 11.9 Å². The molecular weight excluding hydrogens is 324 g/mol. The van der Waals surface area contributed by atoms with Gasteiger partial charge in [-0.2, -0.15) is 8.75 Å². The molecule has 0 saturated carbocycles. The maximum atomic E-state index is 12.6. The molecule has 1 aliphatic rings. The van der Waals surface area contributed by atoms with Gasteiger partial charge in [0.15, 0.2) is 0 Å². The molecule has 3 aromatic rings. The van der Waals surface area contributed by atoms with Crippen molar-refractivity contribution >= 4 is 34.5 Å². The molecule has 2 amide bonds. The third-order valence-corrected chi connectivity index (χ3v) is 4.80. The van der Waals surface area contributed by atoms with Crippen LogP contribution in [-0.4, -0.2) is 42.7 Å². The number of carbonyl (C=O) groups excluding carboxylic acids is 1. The van der Waals surface area contributed by atoms with E-state index in [0.717, 1.165) is 47.8 Å². The molecule has 1 N–H and O–H groups in total. The number of amides is 2. The number of anilines is 1. The number of benzene rings is 1. The summed E-state index contributed by atoms with van der Waals surface area (Å²) in [6.45, 7) is 1.41. The van der Waals surface area contributed by atoms with E-state index >= 15 is 0 Å². The molecule has 0 spiro atoms. The van der Waals surface area contributed by atoms with Gasteiger partial charge >= 0.3 is 6.03 Å². The lowest BCUT2D eigenvalue weighted by atomic mass is 9.95. The summed E-state index contributed by atoms with van der Waals surface area (Å²) in [4.78, 5) is 22.8. The highest BCUT2D eigenvalue weighted by atomic mass is 32.1. The Morgan fingerprint density at radius 2 is 2.25 bits per heavy atom. The first-order valence-electron chi connectivity index (χ1n) is 7.84. The molecule has 1 saturated heterocycles. The highest BCUT2D eigenvalue weighted by Gasteiger charge is 2.26. The zero-order valence-corrected chi connectivity index (χ0v) is 13.7. The van der Waals surface area contributed by atoms with Crippen molar-refractivity contribution < 1.29 is 4.79 Å². The fourth-order valence-corrected chi connectivity index (χ4v) is 3.60. The number of aromatic nitrogens is 4. The summed E-state index contributed by atoms with van der Waals surface area (Å²) in [6, 6.07) is 7.44. The van der Waals surface area contributed by atoms with E-state index in [1.807, 2.05) is 29.2 Å². The van der Waals surface area contributed by atoms with Crippen LogP contribution in [0.3, 0.4) is 0 Å². The van der Waals surface area contributed by atoms with Crippen LogP contribution in [-0.2, 0) is 0 Å². The second-order valence-corrected chi connectivity index (χ2v) is 6.32. The van der Waals surface area contributed by atoms with Gasteiger partial charge in [-0.15, -0.1) is 0 Å². The highest BCUT2D eigenvalue weighted by Crippen LogP contribution is 2.26. The van der Waals surface area contributed by atoms with Gasteiger partial charge in [0.25, 0.3) is 0 Å². The molecule has 3 heterocycles. The molecule has 1 aromatic carbocycles. The van der Waals surface area contributed by atoms with Gasteiger partial charge in [-0.3, -0.25) is 0 Å². The van der Waals surface area contributed by atoms with E-state index < -0.39 is 0 Å². The molecule has 4 rings (SSSR count). The predicted molar refractivity (Wildman–Crippen MR) is 92.0 cm³/mol. The van der Waals surface area contributed by atoms with Crippen LogP contribution in [0.15, 0.2) is 36.8 Å². The highest BCUT2D eigenvalue weighted by molar-refractivity contribution is 7.00. The number of hydrogen-bond acceptors (Lipinski definition) is 6. The average Bonchev–Trinajstić information content (AvgIpc) is 3.12. The Hall–Kier alpha value is -2.61. The molecule has 1 fully saturated rings. The Balaban J connectivity index is 1.49. The van der Waals surface area contributed by atoms with Gasteiger partial charge < -0.3 is 10.2 Å². The van der Waals surface area contributed by atoms with Crippen molar-refractivity contribution in [2.24, 2.45) is 0 Å². The summed E-state index contributed by atoms with van der Waals surface area (Å²) in [5.74, 6) is 0.254.